The summed E-state index contributed by atoms with van der Waals surface area (Å²) < 4.78 is 38.6. The van der Waals surface area contributed by atoms with Gasteiger partial charge in [0.2, 0.25) is 5.91 Å². The van der Waals surface area contributed by atoms with E-state index in [4.69, 9.17) is 9.47 Å². The average Bonchev–Trinajstić information content (AvgIpc) is 2.83. The fourth-order valence-electron chi connectivity index (χ4n) is 3.69. The average molecular weight is 459 g/mol. The lowest BCUT2D eigenvalue weighted by Crippen LogP contribution is -2.41. The van der Waals surface area contributed by atoms with Gasteiger partial charge >= 0.3 is 0 Å². The minimum absolute atomic E-state index is 0.0596. The molecule has 2 aromatic carbocycles. The second-order valence-electron chi connectivity index (χ2n) is 7.57. The number of amides is 1. The van der Waals surface area contributed by atoms with Crippen LogP contribution in [0.15, 0.2) is 65.1 Å². The van der Waals surface area contributed by atoms with Crippen molar-refractivity contribution in [2.45, 2.75) is 37.0 Å². The lowest BCUT2D eigenvalue weighted by Gasteiger charge is -2.25. The third-order valence-corrected chi connectivity index (χ3v) is 7.22. The highest BCUT2D eigenvalue weighted by Crippen LogP contribution is 2.32. The van der Waals surface area contributed by atoms with Crippen LogP contribution in [-0.4, -0.2) is 41.6 Å². The summed E-state index contributed by atoms with van der Waals surface area (Å²) in [6.07, 6.45) is 7.57. The van der Waals surface area contributed by atoms with Gasteiger partial charge in [-0.3, -0.25) is 9.10 Å². The molecule has 0 unspecified atom stereocenters. The van der Waals surface area contributed by atoms with Gasteiger partial charge in [0.05, 0.1) is 24.8 Å². The molecule has 8 heteroatoms. The van der Waals surface area contributed by atoms with Crippen LogP contribution in [0, 0.1) is 0 Å². The van der Waals surface area contributed by atoms with Crippen molar-refractivity contribution in [2.24, 2.45) is 0 Å². The summed E-state index contributed by atoms with van der Waals surface area (Å²) in [5.41, 5.74) is 1.65. The number of methoxy groups -OCH3 is 2. The van der Waals surface area contributed by atoms with E-state index < -0.39 is 10.0 Å². The Labute approximate surface area is 190 Å². The van der Waals surface area contributed by atoms with Gasteiger partial charge < -0.3 is 14.8 Å². The smallest absolute Gasteiger partial charge is 0.264 e. The van der Waals surface area contributed by atoms with E-state index in [1.54, 1.807) is 36.4 Å². The molecule has 0 atom stereocenters. The van der Waals surface area contributed by atoms with E-state index in [2.05, 4.69) is 11.4 Å². The molecule has 1 amide bonds. The minimum Gasteiger partial charge on any atom is -0.497 e. The largest absolute Gasteiger partial charge is 0.497 e. The maximum absolute atomic E-state index is 13.5. The second kappa shape index (κ2) is 11.0. The van der Waals surface area contributed by atoms with Crippen molar-refractivity contribution in [3.05, 3.63) is 60.2 Å². The van der Waals surface area contributed by atoms with E-state index in [0.29, 0.717) is 23.7 Å². The number of hydrogen-bond acceptors (Lipinski definition) is 5. The van der Waals surface area contributed by atoms with Gasteiger partial charge in [-0.05, 0) is 68.5 Å². The third-order valence-electron chi connectivity index (χ3n) is 5.44. The number of anilines is 1. The molecule has 2 aromatic rings. The zero-order chi connectivity index (χ0) is 23.0. The van der Waals surface area contributed by atoms with Gasteiger partial charge in [-0.2, -0.15) is 0 Å². The van der Waals surface area contributed by atoms with Crippen LogP contribution >= 0.6 is 0 Å². The Balaban J connectivity index is 1.82. The van der Waals surface area contributed by atoms with E-state index in [9.17, 15) is 13.2 Å². The van der Waals surface area contributed by atoms with E-state index in [1.807, 2.05) is 0 Å². The van der Waals surface area contributed by atoms with Crippen molar-refractivity contribution in [3.8, 4) is 11.5 Å². The molecule has 0 aromatic heterocycles. The Kier molecular flexibility index (Phi) is 8.16. The second-order valence-corrected chi connectivity index (χ2v) is 9.43. The highest BCUT2D eigenvalue weighted by atomic mass is 32.2. The molecule has 0 saturated carbocycles. The van der Waals surface area contributed by atoms with Gasteiger partial charge in [-0.25, -0.2) is 8.42 Å². The molecule has 0 radical (unpaired) electrons. The Morgan fingerprint density at radius 3 is 2.44 bits per heavy atom. The van der Waals surface area contributed by atoms with Crippen LogP contribution in [0.5, 0.6) is 11.5 Å². The molecule has 1 aliphatic carbocycles. The number of carbonyl (C=O) groups is 1. The van der Waals surface area contributed by atoms with Crippen LogP contribution in [0.25, 0.3) is 0 Å². The Bertz CT molecular complexity index is 1050. The SMILES string of the molecule is COc1ccc(S(=O)(=O)N(CC(=O)NCCC2=CCCCC2)c2ccccc2OC)cc1. The van der Waals surface area contributed by atoms with Gasteiger partial charge in [-0.1, -0.05) is 23.8 Å². The van der Waals surface area contributed by atoms with Crippen molar-refractivity contribution in [1.29, 1.82) is 0 Å². The highest BCUT2D eigenvalue weighted by molar-refractivity contribution is 7.92. The van der Waals surface area contributed by atoms with Crippen LogP contribution in [0.2, 0.25) is 0 Å². The molecule has 7 nitrogen and oxygen atoms in total. The molecule has 0 aliphatic heterocycles. The molecule has 0 fully saturated rings. The monoisotopic (exact) mass is 458 g/mol. The van der Waals surface area contributed by atoms with Crippen LogP contribution in [0.4, 0.5) is 5.69 Å². The molecule has 0 bridgehead atoms. The van der Waals surface area contributed by atoms with E-state index >= 15 is 0 Å². The number of rotatable bonds is 10. The van der Waals surface area contributed by atoms with E-state index in [-0.39, 0.29) is 17.3 Å². The predicted molar refractivity (Wildman–Crippen MR) is 125 cm³/mol. The Morgan fingerprint density at radius 2 is 1.78 bits per heavy atom. The molecule has 32 heavy (non-hydrogen) atoms. The number of hydrogen-bond donors (Lipinski definition) is 1. The normalized spacial score (nSPS) is 13.8. The van der Waals surface area contributed by atoms with Crippen molar-refractivity contribution in [1.82, 2.24) is 5.32 Å². The van der Waals surface area contributed by atoms with E-state index in [0.717, 1.165) is 23.6 Å². The summed E-state index contributed by atoms with van der Waals surface area (Å²) in [5.74, 6) is 0.539. The molecule has 1 aliphatic rings. The van der Waals surface area contributed by atoms with Crippen LogP contribution < -0.4 is 19.1 Å². The first-order valence-electron chi connectivity index (χ1n) is 10.7. The first-order valence-corrected chi connectivity index (χ1v) is 12.1. The van der Waals surface area contributed by atoms with Gasteiger partial charge in [0, 0.05) is 6.54 Å². The van der Waals surface area contributed by atoms with Gasteiger partial charge in [-0.15, -0.1) is 0 Å². The van der Waals surface area contributed by atoms with Crippen molar-refractivity contribution < 1.29 is 22.7 Å². The number of carbonyl (C=O) groups excluding carboxylic acids is 1. The number of allylic oxidation sites excluding steroid dienone is 1. The zero-order valence-corrected chi connectivity index (χ0v) is 19.4. The lowest BCUT2D eigenvalue weighted by molar-refractivity contribution is -0.119. The number of para-hydroxylation sites is 2. The topological polar surface area (TPSA) is 84.9 Å². The molecule has 172 valence electrons. The zero-order valence-electron chi connectivity index (χ0n) is 18.5. The van der Waals surface area contributed by atoms with Crippen LogP contribution in [0.3, 0.4) is 0 Å². The van der Waals surface area contributed by atoms with Crippen molar-refractivity contribution in [2.75, 3.05) is 31.6 Å². The molecule has 1 N–H and O–H groups in total. The summed E-state index contributed by atoms with van der Waals surface area (Å²) in [4.78, 5) is 12.8. The van der Waals surface area contributed by atoms with Crippen LogP contribution in [0.1, 0.15) is 32.1 Å². The summed E-state index contributed by atoms with van der Waals surface area (Å²) >= 11 is 0. The summed E-state index contributed by atoms with van der Waals surface area (Å²) in [6.45, 7) is 0.126. The molecule has 0 saturated heterocycles. The lowest BCUT2D eigenvalue weighted by atomic mass is 9.97. The summed E-state index contributed by atoms with van der Waals surface area (Å²) in [6, 6.07) is 12.8. The van der Waals surface area contributed by atoms with E-state index in [1.165, 1.54) is 44.8 Å². The van der Waals surface area contributed by atoms with Gasteiger partial charge in [0.15, 0.2) is 0 Å². The first kappa shape index (κ1) is 23.7. The molecule has 0 heterocycles. The Hall–Kier alpha value is -3.00. The van der Waals surface area contributed by atoms with Gasteiger partial charge in [0.1, 0.15) is 18.0 Å². The molecular weight excluding hydrogens is 428 g/mol. The fourth-order valence-corrected chi connectivity index (χ4v) is 5.12. The maximum Gasteiger partial charge on any atom is 0.264 e. The summed E-state index contributed by atoms with van der Waals surface area (Å²) in [5, 5.41) is 2.86. The highest BCUT2D eigenvalue weighted by Gasteiger charge is 2.29. The number of ether oxygens (including phenoxy) is 2. The third kappa shape index (κ3) is 5.82. The number of nitrogens with zero attached hydrogens (tertiary/aromatic N) is 1. The van der Waals surface area contributed by atoms with Crippen molar-refractivity contribution >= 4 is 21.6 Å². The summed E-state index contributed by atoms with van der Waals surface area (Å²) in [7, 11) is -1.05. The Morgan fingerprint density at radius 1 is 1.03 bits per heavy atom. The van der Waals surface area contributed by atoms with Gasteiger partial charge in [0.25, 0.3) is 10.0 Å². The first-order chi connectivity index (χ1) is 15.5. The quantitative estimate of drug-likeness (QED) is 0.546. The number of nitrogens with one attached hydrogen (secondary N) is 1. The number of benzene rings is 2. The number of sulfonamides is 1. The van der Waals surface area contributed by atoms with Crippen LogP contribution in [-0.2, 0) is 14.8 Å². The predicted octanol–water partition coefficient (Wildman–Crippen LogP) is 3.91. The molecule has 3 rings (SSSR count). The molecular formula is C24H30N2O5S. The fraction of sp³-hybridized carbons (Fsp3) is 0.375. The maximum atomic E-state index is 13.5. The molecule has 0 spiro atoms. The van der Waals surface area contributed by atoms with Crippen molar-refractivity contribution in [3.63, 3.8) is 0 Å². The standard InChI is InChI=1S/C24H30N2O5S/c1-30-20-12-14-21(15-13-20)32(28,29)26(22-10-6-7-11-23(22)31-2)18-24(27)25-17-16-19-8-4-3-5-9-19/h6-8,10-15H,3-5,9,16-18H2,1-2H3,(H,25,27). The minimum atomic E-state index is -4.03.